The highest BCUT2D eigenvalue weighted by Crippen LogP contribution is 2.33. The Labute approximate surface area is 170 Å². The minimum atomic E-state index is 0.0752. The van der Waals surface area contributed by atoms with Crippen molar-refractivity contribution in [2.45, 2.75) is 32.1 Å². The number of nitrogens with zero attached hydrogens (tertiary/aromatic N) is 4. The van der Waals surface area contributed by atoms with E-state index in [1.54, 1.807) is 6.20 Å². The molecule has 0 atom stereocenters. The van der Waals surface area contributed by atoms with Crippen LogP contribution in [0.15, 0.2) is 41.1 Å². The van der Waals surface area contributed by atoms with E-state index in [1.165, 1.54) is 5.56 Å². The Bertz CT molecular complexity index is 1040. The van der Waals surface area contributed by atoms with Gasteiger partial charge >= 0.3 is 0 Å². The molecule has 0 radical (unpaired) electrons. The van der Waals surface area contributed by atoms with Crippen molar-refractivity contribution in [1.29, 1.82) is 0 Å². The third kappa shape index (κ3) is 3.53. The average molecular weight is 390 g/mol. The molecule has 6 nitrogen and oxygen atoms in total. The molecule has 0 spiro atoms. The van der Waals surface area contributed by atoms with Gasteiger partial charge < -0.3 is 14.3 Å². The lowest BCUT2D eigenvalue weighted by Gasteiger charge is -2.34. The molecule has 0 N–H and O–H groups in total. The first-order valence-electron chi connectivity index (χ1n) is 10.5. The lowest BCUT2D eigenvalue weighted by atomic mass is 9.91. The minimum Gasteiger partial charge on any atom is -0.356 e. The maximum Gasteiger partial charge on any atom is 0.272 e. The van der Waals surface area contributed by atoms with Gasteiger partial charge in [-0.25, -0.2) is 0 Å². The third-order valence-electron chi connectivity index (χ3n) is 6.35. The van der Waals surface area contributed by atoms with Crippen molar-refractivity contribution in [3.05, 3.63) is 59.0 Å². The number of pyridine rings is 1. The molecule has 0 unspecified atom stereocenters. The van der Waals surface area contributed by atoms with Crippen molar-refractivity contribution in [2.75, 3.05) is 32.7 Å². The summed E-state index contributed by atoms with van der Waals surface area (Å²) in [6, 6.07) is 10.2. The van der Waals surface area contributed by atoms with E-state index in [4.69, 9.17) is 4.52 Å². The second-order valence-corrected chi connectivity index (χ2v) is 8.24. The number of likely N-dealkylation sites (tertiary alicyclic amines) is 1. The summed E-state index contributed by atoms with van der Waals surface area (Å²) in [6.07, 6.45) is 4.76. The maximum atomic E-state index is 12.7. The van der Waals surface area contributed by atoms with Gasteiger partial charge in [-0.05, 0) is 63.0 Å². The van der Waals surface area contributed by atoms with Gasteiger partial charge in [-0.3, -0.25) is 9.78 Å². The summed E-state index contributed by atoms with van der Waals surface area (Å²) in [6.45, 7) is 6.64. The van der Waals surface area contributed by atoms with E-state index in [0.29, 0.717) is 11.6 Å². The monoisotopic (exact) mass is 390 g/mol. The summed E-state index contributed by atoms with van der Waals surface area (Å²) < 4.78 is 5.54. The van der Waals surface area contributed by atoms with Crippen LogP contribution in [0.2, 0.25) is 0 Å². The Hall–Kier alpha value is -2.73. The Morgan fingerprint density at radius 1 is 1.14 bits per heavy atom. The van der Waals surface area contributed by atoms with Crippen molar-refractivity contribution in [3.63, 3.8) is 0 Å². The van der Waals surface area contributed by atoms with E-state index in [1.807, 2.05) is 23.1 Å². The van der Waals surface area contributed by atoms with Gasteiger partial charge in [0.05, 0.1) is 5.69 Å². The van der Waals surface area contributed by atoms with Gasteiger partial charge in [0.25, 0.3) is 5.91 Å². The van der Waals surface area contributed by atoms with Crippen molar-refractivity contribution >= 4 is 16.9 Å². The summed E-state index contributed by atoms with van der Waals surface area (Å²) in [4.78, 5) is 21.4. The summed E-state index contributed by atoms with van der Waals surface area (Å²) in [7, 11) is 0. The van der Waals surface area contributed by atoms with E-state index < -0.39 is 0 Å². The highest BCUT2D eigenvalue weighted by molar-refractivity contribution is 5.94. The molecule has 29 heavy (non-hydrogen) atoms. The summed E-state index contributed by atoms with van der Waals surface area (Å²) in [5, 5.41) is 5.54. The van der Waals surface area contributed by atoms with Gasteiger partial charge in [-0.15, -0.1) is 0 Å². The number of aryl methyl sites for hydroxylation is 1. The molecular formula is C23H26N4O2. The second-order valence-electron chi connectivity index (χ2n) is 8.24. The zero-order valence-electron chi connectivity index (χ0n) is 16.8. The van der Waals surface area contributed by atoms with E-state index >= 15 is 0 Å². The van der Waals surface area contributed by atoms with Crippen LogP contribution in [0, 0.1) is 6.92 Å². The number of carbonyl (C=O) groups excluding carboxylic acids is 1. The zero-order chi connectivity index (χ0) is 19.8. The third-order valence-corrected chi connectivity index (χ3v) is 6.35. The molecule has 5 rings (SSSR count). The zero-order valence-corrected chi connectivity index (χ0v) is 16.8. The number of hydrogen-bond donors (Lipinski definition) is 0. The molecule has 1 amide bonds. The van der Waals surface area contributed by atoms with Crippen molar-refractivity contribution in [2.24, 2.45) is 0 Å². The van der Waals surface area contributed by atoms with E-state index in [2.05, 4.69) is 34.1 Å². The Morgan fingerprint density at radius 3 is 2.86 bits per heavy atom. The predicted octanol–water partition coefficient (Wildman–Crippen LogP) is 3.41. The standard InChI is InChI=1S/C23H26N4O2/c1-16-4-5-20-19(15-16)21(25-29-20)18-6-10-26(11-7-18)13-14-27-12-8-17-3-2-9-24-22(17)23(27)28/h2-5,9,15,18H,6-8,10-14H2,1H3. The molecule has 6 heteroatoms. The molecule has 2 aliphatic heterocycles. The van der Waals surface area contributed by atoms with Crippen LogP contribution >= 0.6 is 0 Å². The smallest absolute Gasteiger partial charge is 0.272 e. The maximum absolute atomic E-state index is 12.7. The molecule has 1 aromatic carbocycles. The molecule has 4 heterocycles. The molecular weight excluding hydrogens is 364 g/mol. The number of hydrogen-bond acceptors (Lipinski definition) is 5. The van der Waals surface area contributed by atoms with Gasteiger partial charge in [0.1, 0.15) is 5.69 Å². The van der Waals surface area contributed by atoms with Crippen LogP contribution in [0.25, 0.3) is 11.0 Å². The quantitative estimate of drug-likeness (QED) is 0.683. The first kappa shape index (κ1) is 18.3. The number of fused-ring (bicyclic) bond motifs is 2. The molecule has 2 aliphatic rings. The number of carbonyl (C=O) groups is 1. The van der Waals surface area contributed by atoms with Crippen molar-refractivity contribution in [3.8, 4) is 0 Å². The van der Waals surface area contributed by atoms with Gasteiger partial charge in [0.15, 0.2) is 5.58 Å². The molecule has 150 valence electrons. The van der Waals surface area contributed by atoms with Crippen molar-refractivity contribution < 1.29 is 9.32 Å². The van der Waals surface area contributed by atoms with E-state index in [9.17, 15) is 4.79 Å². The predicted molar refractivity (Wildman–Crippen MR) is 111 cm³/mol. The molecule has 1 fully saturated rings. The fraction of sp³-hybridized carbons (Fsp3) is 0.435. The number of benzene rings is 1. The molecule has 0 aliphatic carbocycles. The largest absolute Gasteiger partial charge is 0.356 e. The second kappa shape index (κ2) is 7.59. The molecule has 3 aromatic rings. The first-order chi connectivity index (χ1) is 14.2. The number of aromatic nitrogens is 2. The van der Waals surface area contributed by atoms with E-state index in [0.717, 1.165) is 74.2 Å². The number of rotatable bonds is 4. The van der Waals surface area contributed by atoms with Crippen LogP contribution in [0.1, 0.15) is 46.1 Å². The lowest BCUT2D eigenvalue weighted by Crippen LogP contribution is -2.44. The van der Waals surface area contributed by atoms with Crippen LogP contribution in [0.4, 0.5) is 0 Å². The Balaban J connectivity index is 1.18. The number of piperidine rings is 1. The summed E-state index contributed by atoms with van der Waals surface area (Å²) in [5.41, 5.74) is 4.93. The molecule has 0 saturated carbocycles. The molecule has 1 saturated heterocycles. The Kier molecular flexibility index (Phi) is 4.79. The van der Waals surface area contributed by atoms with Crippen molar-refractivity contribution in [1.82, 2.24) is 19.9 Å². The fourth-order valence-corrected chi connectivity index (χ4v) is 4.61. The normalized spacial score (nSPS) is 18.4. The van der Waals surface area contributed by atoms with Crippen LogP contribution in [-0.4, -0.2) is 58.6 Å². The lowest BCUT2D eigenvalue weighted by molar-refractivity contribution is 0.0703. The Morgan fingerprint density at radius 2 is 2.00 bits per heavy atom. The van der Waals surface area contributed by atoms with Gasteiger partial charge in [-0.2, -0.15) is 0 Å². The number of amides is 1. The molecule has 0 bridgehead atoms. The van der Waals surface area contributed by atoms with Crippen LogP contribution in [0.3, 0.4) is 0 Å². The molecule has 2 aromatic heterocycles. The highest BCUT2D eigenvalue weighted by Gasteiger charge is 2.28. The van der Waals surface area contributed by atoms with Crippen LogP contribution < -0.4 is 0 Å². The SMILES string of the molecule is Cc1ccc2onc(C3CCN(CCN4CCc5cccnc5C4=O)CC3)c2c1. The van der Waals surface area contributed by atoms with Crippen LogP contribution in [0.5, 0.6) is 0 Å². The average Bonchev–Trinajstić information content (AvgIpc) is 3.17. The van der Waals surface area contributed by atoms with Gasteiger partial charge in [-0.1, -0.05) is 22.9 Å². The topological polar surface area (TPSA) is 62.5 Å². The minimum absolute atomic E-state index is 0.0752. The fourth-order valence-electron chi connectivity index (χ4n) is 4.61. The van der Waals surface area contributed by atoms with E-state index in [-0.39, 0.29) is 5.91 Å². The summed E-state index contributed by atoms with van der Waals surface area (Å²) >= 11 is 0. The summed E-state index contributed by atoms with van der Waals surface area (Å²) in [5.74, 6) is 0.521. The first-order valence-corrected chi connectivity index (χ1v) is 10.5. The highest BCUT2D eigenvalue weighted by atomic mass is 16.5. The van der Waals surface area contributed by atoms with Gasteiger partial charge in [0.2, 0.25) is 0 Å². The van der Waals surface area contributed by atoms with Crippen LogP contribution in [-0.2, 0) is 6.42 Å². The van der Waals surface area contributed by atoms with Gasteiger partial charge in [0, 0.05) is 37.1 Å².